The predicted octanol–water partition coefficient (Wildman–Crippen LogP) is -4.89. The number of hydrogen-bond donors (Lipinski definition) is 0. The minimum atomic E-state index is -5.88. The molecular weight excluding hydrogens is 155 g/mol. The van der Waals surface area contributed by atoms with E-state index in [1.165, 1.54) is 0 Å². The Bertz CT molecular complexity index is 50.1. The maximum atomic E-state index is 8.61. The first kappa shape index (κ1) is 9.50. The van der Waals surface area contributed by atoms with Gasteiger partial charge in [-0.05, 0) is 0 Å². The molecule has 0 aromatic heterocycles. The molecule has 6 heavy (non-hydrogen) atoms. The average Bonchev–Trinajstić information content (AvgIpc) is 0.722. The molecule has 0 aliphatic carbocycles. The molecule has 0 fully saturated rings. The molecule has 2 N–H and O–H groups in total. The molecule has 0 atom stereocenters. The van der Waals surface area contributed by atoms with Crippen molar-refractivity contribution >= 4 is 14.5 Å². The maximum absolute atomic E-state index is 8.61. The van der Waals surface area contributed by atoms with E-state index in [2.05, 4.69) is 0 Å². The molecule has 0 unspecified atom stereocenters. The van der Waals surface area contributed by atoms with Crippen LogP contribution in [-0.2, 0) is 3.74 Å². The van der Waals surface area contributed by atoms with Crippen LogP contribution >= 0.6 is 0 Å². The molecule has 6 heteroatoms. The molecule has 0 saturated carbocycles. The zero-order valence-electron chi connectivity index (χ0n) is 2.58. The van der Waals surface area contributed by atoms with Crippen LogP contribution in [0.25, 0.3) is 0 Å². The first-order chi connectivity index (χ1) is 2.00. The Labute approximate surface area is 36.9 Å². The van der Waals surface area contributed by atoms with Crippen molar-refractivity contribution in [2.24, 2.45) is 0 Å². The third-order valence-electron chi connectivity index (χ3n) is 0. The van der Waals surface area contributed by atoms with Crippen molar-refractivity contribution in [2.45, 2.75) is 0 Å². The summed E-state index contributed by atoms with van der Waals surface area (Å²) in [6, 6.07) is 0. The zero-order chi connectivity index (χ0) is 4.50. The van der Waals surface area contributed by atoms with Crippen LogP contribution in [0.2, 0.25) is 0 Å². The summed E-state index contributed by atoms with van der Waals surface area (Å²) in [4.78, 5) is 0. The Morgan fingerprint density at radius 3 is 1.17 bits per heavy atom. The van der Waals surface area contributed by atoms with E-state index in [-0.39, 0.29) is 5.48 Å². The molecule has 0 aromatic carbocycles. The van der Waals surface area contributed by atoms with Crippen molar-refractivity contribution in [1.29, 1.82) is 0 Å². The Kier molecular flexibility index (Phi) is 3.78. The Morgan fingerprint density at radius 2 is 1.17 bits per heavy atom. The fourth-order valence-electron chi connectivity index (χ4n) is 0. The van der Waals surface area contributed by atoms with Gasteiger partial charge >= 0.3 is 30.5 Å². The van der Waals surface area contributed by atoms with Crippen molar-refractivity contribution in [3.63, 3.8) is 0 Å². The van der Waals surface area contributed by atoms with Gasteiger partial charge in [0.15, 0.2) is 0 Å². The number of hydrogen-bond acceptors (Lipinski definition) is 4. The van der Waals surface area contributed by atoms with Gasteiger partial charge in [-0.25, -0.2) is 0 Å². The van der Waals surface area contributed by atoms with Crippen molar-refractivity contribution < 1.29 is 21.5 Å². The monoisotopic (exact) mass is 157 g/mol. The van der Waals surface area contributed by atoms with Crippen molar-refractivity contribution in [1.82, 2.24) is 0 Å². The van der Waals surface area contributed by atoms with Crippen LogP contribution in [0.3, 0.4) is 0 Å². The topological polar surface area (TPSA) is 118 Å². The third-order valence-corrected chi connectivity index (χ3v) is 0. The summed E-state index contributed by atoms with van der Waals surface area (Å²) < 4.78 is 34.4. The molecule has 0 amide bonds. The van der Waals surface area contributed by atoms with Gasteiger partial charge in [0.1, 0.15) is 0 Å². The summed E-state index contributed by atoms with van der Waals surface area (Å²) >= 11 is -5.88. The van der Waals surface area contributed by atoms with E-state index in [9.17, 15) is 0 Å². The summed E-state index contributed by atoms with van der Waals surface area (Å²) in [5.41, 5.74) is 0. The van der Waals surface area contributed by atoms with Gasteiger partial charge < -0.3 is 5.48 Å². The van der Waals surface area contributed by atoms with Crippen LogP contribution in [0.15, 0.2) is 0 Å². The van der Waals surface area contributed by atoms with Gasteiger partial charge in [-0.1, -0.05) is 0 Å². The Balaban J connectivity index is 0. The molecule has 0 saturated heterocycles. The average molecular weight is 157 g/mol. The fraction of sp³-hybridized carbons (Fsp3) is 0. The van der Waals surface area contributed by atoms with Gasteiger partial charge in [-0.15, -0.1) is 0 Å². The zero-order valence-corrected chi connectivity index (χ0v) is 4.46. The first-order valence-electron chi connectivity index (χ1n) is 0.730. The molecule has 0 aliphatic heterocycles. The van der Waals surface area contributed by atoms with E-state index in [1.807, 2.05) is 0 Å². The molecular formula is H2AsO5-3. The molecule has 40 valence electrons. The van der Waals surface area contributed by atoms with E-state index in [4.69, 9.17) is 16.0 Å². The standard InChI is InChI=1S/AsH3O4.H2O/c2-1(3,4)5;/h(H3,2,3,4,5);1H2/p-3. The number of rotatable bonds is 0. The fourth-order valence-corrected chi connectivity index (χ4v) is 0. The first-order valence-corrected chi connectivity index (χ1v) is 3.79. The van der Waals surface area contributed by atoms with Crippen LogP contribution in [0.4, 0.5) is 0 Å². The van der Waals surface area contributed by atoms with Crippen LogP contribution in [0.5, 0.6) is 0 Å². The second-order valence-electron chi connectivity index (χ2n) is 0.447. The second-order valence-corrected chi connectivity index (χ2v) is 2.32. The quantitative estimate of drug-likeness (QED) is 0.327. The third kappa shape index (κ3) is 1090. The molecule has 0 radical (unpaired) electrons. The van der Waals surface area contributed by atoms with Crippen molar-refractivity contribution in [2.75, 3.05) is 0 Å². The van der Waals surface area contributed by atoms with Crippen LogP contribution in [0.1, 0.15) is 0 Å². The molecule has 5 nitrogen and oxygen atoms in total. The molecule has 0 spiro atoms. The Hall–Kier alpha value is 0.198. The van der Waals surface area contributed by atoms with Crippen LogP contribution in [0, 0.1) is 0 Å². The summed E-state index contributed by atoms with van der Waals surface area (Å²) in [6.07, 6.45) is 0. The van der Waals surface area contributed by atoms with E-state index < -0.39 is 14.5 Å². The SMILES string of the molecule is O.O=[As]([O-])([O-])[O-]. The second kappa shape index (κ2) is 2.38. The van der Waals surface area contributed by atoms with E-state index in [0.717, 1.165) is 0 Å². The Morgan fingerprint density at radius 1 is 1.17 bits per heavy atom. The molecule has 0 bridgehead atoms. The van der Waals surface area contributed by atoms with Gasteiger partial charge in [-0.2, -0.15) is 0 Å². The summed E-state index contributed by atoms with van der Waals surface area (Å²) in [7, 11) is 0. The summed E-state index contributed by atoms with van der Waals surface area (Å²) in [5.74, 6) is 0. The molecule has 0 heterocycles. The van der Waals surface area contributed by atoms with Gasteiger partial charge in [0, 0.05) is 0 Å². The van der Waals surface area contributed by atoms with E-state index >= 15 is 0 Å². The molecule has 0 aliphatic rings. The molecule has 0 aromatic rings. The summed E-state index contributed by atoms with van der Waals surface area (Å²) in [6.45, 7) is 0. The molecule has 0 rings (SSSR count). The van der Waals surface area contributed by atoms with Crippen LogP contribution in [-0.4, -0.2) is 20.0 Å². The normalized spacial score (nSPS) is 9.83. The summed E-state index contributed by atoms with van der Waals surface area (Å²) in [5, 5.41) is 0. The van der Waals surface area contributed by atoms with Gasteiger partial charge in [-0.3, -0.25) is 0 Å². The van der Waals surface area contributed by atoms with Crippen molar-refractivity contribution in [3.05, 3.63) is 0 Å². The van der Waals surface area contributed by atoms with E-state index in [0.29, 0.717) is 0 Å². The van der Waals surface area contributed by atoms with Gasteiger partial charge in [0.05, 0.1) is 0 Å². The predicted molar refractivity (Wildman–Crippen MR) is 10.1 cm³/mol. The van der Waals surface area contributed by atoms with Crippen molar-refractivity contribution in [3.8, 4) is 0 Å². The van der Waals surface area contributed by atoms with Crippen LogP contribution < -0.4 is 12.3 Å². The van der Waals surface area contributed by atoms with Gasteiger partial charge in [0.25, 0.3) is 0 Å². The van der Waals surface area contributed by atoms with Gasteiger partial charge in [0.2, 0.25) is 0 Å². The van der Waals surface area contributed by atoms with E-state index in [1.54, 1.807) is 0 Å². The minimum absolute atomic E-state index is 0.